The van der Waals surface area contributed by atoms with E-state index in [4.69, 9.17) is 19.3 Å². The van der Waals surface area contributed by atoms with Crippen LogP contribution >= 0.6 is 0 Å². The quantitative estimate of drug-likeness (QED) is 0.267. The normalized spacial score (nSPS) is 51.3. The second-order valence-corrected chi connectivity index (χ2v) is 5.04. The SMILES string of the molecule is OC[C@H]1O[C@H](O[C@H]2[C@H](O)[C@@H](O)[C@H](O)O[C@@H]2CO)[C@@H](O)[C@@H]1O. The Labute approximate surface area is 119 Å². The lowest BCUT2D eigenvalue weighted by molar-refractivity contribution is -0.320. The van der Waals surface area contributed by atoms with E-state index in [2.05, 4.69) is 0 Å². The molecule has 9 atom stereocenters. The van der Waals surface area contributed by atoms with E-state index in [0.29, 0.717) is 0 Å². The van der Waals surface area contributed by atoms with Gasteiger partial charge in [0.25, 0.3) is 0 Å². The van der Waals surface area contributed by atoms with Gasteiger partial charge in [-0.25, -0.2) is 0 Å². The van der Waals surface area contributed by atoms with E-state index in [-0.39, 0.29) is 0 Å². The predicted molar refractivity (Wildman–Crippen MR) is 62.6 cm³/mol. The highest BCUT2D eigenvalue weighted by atomic mass is 16.7. The molecule has 21 heavy (non-hydrogen) atoms. The highest BCUT2D eigenvalue weighted by molar-refractivity contribution is 4.92. The van der Waals surface area contributed by atoms with Crippen LogP contribution in [0.5, 0.6) is 0 Å². The largest absolute Gasteiger partial charge is 0.394 e. The van der Waals surface area contributed by atoms with Crippen LogP contribution in [0, 0.1) is 0 Å². The van der Waals surface area contributed by atoms with Gasteiger partial charge in [-0.1, -0.05) is 0 Å². The van der Waals surface area contributed by atoms with E-state index in [0.717, 1.165) is 0 Å². The summed E-state index contributed by atoms with van der Waals surface area (Å²) in [6.45, 7) is -1.17. The molecule has 2 saturated heterocycles. The van der Waals surface area contributed by atoms with Crippen LogP contribution in [0.4, 0.5) is 0 Å². The van der Waals surface area contributed by atoms with Crippen molar-refractivity contribution in [3.8, 4) is 0 Å². The Hall–Kier alpha value is -0.400. The molecule has 0 aromatic rings. The zero-order valence-electron chi connectivity index (χ0n) is 11.0. The number of rotatable bonds is 4. The van der Waals surface area contributed by atoms with Crippen LogP contribution in [0.15, 0.2) is 0 Å². The molecule has 0 aliphatic carbocycles. The monoisotopic (exact) mass is 312 g/mol. The third kappa shape index (κ3) is 3.19. The van der Waals surface area contributed by atoms with Crippen molar-refractivity contribution in [2.75, 3.05) is 13.2 Å². The molecule has 2 rings (SSSR count). The minimum atomic E-state index is -1.69. The van der Waals surface area contributed by atoms with Crippen LogP contribution in [0.3, 0.4) is 0 Å². The Bertz CT molecular complexity index is 339. The second-order valence-electron chi connectivity index (χ2n) is 5.04. The average molecular weight is 312 g/mol. The molecule has 124 valence electrons. The van der Waals surface area contributed by atoms with Crippen LogP contribution < -0.4 is 0 Å². The molecule has 0 aromatic heterocycles. The van der Waals surface area contributed by atoms with Gasteiger partial charge in [-0.2, -0.15) is 0 Å². The molecule has 0 spiro atoms. The third-order valence-corrected chi connectivity index (χ3v) is 3.63. The van der Waals surface area contributed by atoms with Gasteiger partial charge in [0, 0.05) is 0 Å². The molecule has 0 unspecified atom stereocenters. The average Bonchev–Trinajstić information content (AvgIpc) is 2.75. The number of aliphatic hydroxyl groups is 7. The summed E-state index contributed by atoms with van der Waals surface area (Å²) in [6.07, 6.45) is -12.8. The van der Waals surface area contributed by atoms with Crippen molar-refractivity contribution in [2.24, 2.45) is 0 Å². The Balaban J connectivity index is 2.06. The summed E-state index contributed by atoms with van der Waals surface area (Å²) < 4.78 is 15.2. The van der Waals surface area contributed by atoms with Gasteiger partial charge < -0.3 is 50.0 Å². The third-order valence-electron chi connectivity index (χ3n) is 3.63. The zero-order valence-corrected chi connectivity index (χ0v) is 11.0. The fraction of sp³-hybridized carbons (Fsp3) is 1.00. The minimum Gasteiger partial charge on any atom is -0.394 e. The molecule has 7 N–H and O–H groups in total. The Morgan fingerprint density at radius 3 is 1.86 bits per heavy atom. The van der Waals surface area contributed by atoms with E-state index < -0.39 is 68.5 Å². The summed E-state index contributed by atoms with van der Waals surface area (Å²) in [4.78, 5) is 0. The summed E-state index contributed by atoms with van der Waals surface area (Å²) in [5, 5.41) is 66.2. The number of hydrogen-bond donors (Lipinski definition) is 7. The van der Waals surface area contributed by atoms with E-state index in [1.54, 1.807) is 0 Å². The fourth-order valence-electron chi connectivity index (χ4n) is 2.37. The van der Waals surface area contributed by atoms with Gasteiger partial charge in [0.1, 0.15) is 42.7 Å². The summed E-state index contributed by atoms with van der Waals surface area (Å²) in [6, 6.07) is 0. The lowest BCUT2D eigenvalue weighted by Crippen LogP contribution is -2.60. The van der Waals surface area contributed by atoms with Crippen molar-refractivity contribution in [2.45, 2.75) is 55.3 Å². The van der Waals surface area contributed by atoms with Crippen LogP contribution in [-0.4, -0.2) is 104 Å². The minimum absolute atomic E-state index is 0.549. The maximum absolute atomic E-state index is 9.87. The van der Waals surface area contributed by atoms with Gasteiger partial charge in [0.05, 0.1) is 13.2 Å². The zero-order chi connectivity index (χ0) is 15.7. The van der Waals surface area contributed by atoms with Gasteiger partial charge >= 0.3 is 0 Å². The molecule has 2 fully saturated rings. The summed E-state index contributed by atoms with van der Waals surface area (Å²) in [5.74, 6) is 0. The Morgan fingerprint density at radius 1 is 0.714 bits per heavy atom. The molecule has 2 heterocycles. The molecule has 2 aliphatic heterocycles. The second kappa shape index (κ2) is 6.79. The standard InChI is InChI=1S/C11H20O10/c12-1-3-5(14)8(17)11(20-3)21-9-4(2-13)19-10(18)7(16)6(9)15/h3-18H,1-2H2/t3-,4-,5-,6-,7-,8+,9-,10-,11-/m1/s1. The molecule has 0 radical (unpaired) electrons. The Morgan fingerprint density at radius 2 is 1.33 bits per heavy atom. The number of ether oxygens (including phenoxy) is 3. The molecule has 0 saturated carbocycles. The van der Waals surface area contributed by atoms with Crippen LogP contribution in [0.1, 0.15) is 0 Å². The van der Waals surface area contributed by atoms with Crippen molar-refractivity contribution in [1.29, 1.82) is 0 Å². The molecule has 2 aliphatic rings. The summed E-state index contributed by atoms with van der Waals surface area (Å²) in [7, 11) is 0. The fourth-order valence-corrected chi connectivity index (χ4v) is 2.37. The van der Waals surface area contributed by atoms with Crippen LogP contribution in [0.25, 0.3) is 0 Å². The van der Waals surface area contributed by atoms with E-state index in [1.807, 2.05) is 0 Å². The molecular formula is C11H20O10. The highest BCUT2D eigenvalue weighted by Gasteiger charge is 2.49. The van der Waals surface area contributed by atoms with Crippen LogP contribution in [0.2, 0.25) is 0 Å². The lowest BCUT2D eigenvalue weighted by Gasteiger charge is -2.41. The Kier molecular flexibility index (Phi) is 5.48. The number of aliphatic hydroxyl groups excluding tert-OH is 7. The first-order chi connectivity index (χ1) is 9.90. The van der Waals surface area contributed by atoms with Crippen molar-refractivity contribution < 1.29 is 50.0 Å². The van der Waals surface area contributed by atoms with Gasteiger partial charge in [0.2, 0.25) is 0 Å². The number of hydrogen-bond acceptors (Lipinski definition) is 10. The van der Waals surface area contributed by atoms with Gasteiger partial charge in [-0.3, -0.25) is 0 Å². The predicted octanol–water partition coefficient (Wildman–Crippen LogP) is -4.76. The smallest absolute Gasteiger partial charge is 0.187 e. The van der Waals surface area contributed by atoms with Crippen molar-refractivity contribution in [3.63, 3.8) is 0 Å². The molecular weight excluding hydrogens is 292 g/mol. The first-order valence-corrected chi connectivity index (χ1v) is 6.49. The van der Waals surface area contributed by atoms with E-state index in [1.165, 1.54) is 0 Å². The molecule has 10 nitrogen and oxygen atoms in total. The van der Waals surface area contributed by atoms with Gasteiger partial charge in [0.15, 0.2) is 12.6 Å². The first kappa shape index (κ1) is 17.0. The maximum Gasteiger partial charge on any atom is 0.187 e. The van der Waals surface area contributed by atoms with Gasteiger partial charge in [-0.05, 0) is 0 Å². The molecule has 10 heteroatoms. The van der Waals surface area contributed by atoms with Gasteiger partial charge in [-0.15, -0.1) is 0 Å². The van der Waals surface area contributed by atoms with Crippen molar-refractivity contribution >= 4 is 0 Å². The topological polar surface area (TPSA) is 169 Å². The summed E-state index contributed by atoms with van der Waals surface area (Å²) >= 11 is 0. The van der Waals surface area contributed by atoms with Crippen LogP contribution in [-0.2, 0) is 14.2 Å². The molecule has 0 bridgehead atoms. The summed E-state index contributed by atoms with van der Waals surface area (Å²) in [5.41, 5.74) is 0. The highest BCUT2D eigenvalue weighted by Crippen LogP contribution is 2.28. The van der Waals surface area contributed by atoms with E-state index in [9.17, 15) is 30.6 Å². The van der Waals surface area contributed by atoms with Crippen molar-refractivity contribution in [3.05, 3.63) is 0 Å². The first-order valence-electron chi connectivity index (χ1n) is 6.49. The van der Waals surface area contributed by atoms with E-state index >= 15 is 0 Å². The molecule has 0 aromatic carbocycles. The molecule has 0 amide bonds. The van der Waals surface area contributed by atoms with Crippen molar-refractivity contribution in [1.82, 2.24) is 0 Å². The lowest BCUT2D eigenvalue weighted by atomic mass is 9.99. The maximum atomic E-state index is 9.87.